The van der Waals surface area contributed by atoms with E-state index in [9.17, 15) is 14.9 Å². The molecule has 1 aliphatic carbocycles. The van der Waals surface area contributed by atoms with Crippen LogP contribution in [0.15, 0.2) is 48.0 Å². The number of benzene rings is 2. The van der Waals surface area contributed by atoms with E-state index in [1.54, 1.807) is 24.3 Å². The minimum absolute atomic E-state index is 0.0185. The maximum Gasteiger partial charge on any atom is 0.199 e. The van der Waals surface area contributed by atoms with Crippen LogP contribution < -0.4 is 0 Å². The number of imidazole rings is 1. The number of rotatable bonds is 1. The average Bonchev–Trinajstić information content (AvgIpc) is 3.10. The van der Waals surface area contributed by atoms with Gasteiger partial charge in [0.1, 0.15) is 17.5 Å². The zero-order valence-electron chi connectivity index (χ0n) is 12.8. The van der Waals surface area contributed by atoms with Crippen LogP contribution in [0.25, 0.3) is 16.6 Å². The third kappa shape index (κ3) is 1.90. The van der Waals surface area contributed by atoms with E-state index < -0.39 is 11.6 Å². The molecule has 5 nitrogen and oxygen atoms in total. The fourth-order valence-corrected chi connectivity index (χ4v) is 2.95. The van der Waals surface area contributed by atoms with Gasteiger partial charge in [-0.05, 0) is 24.6 Å². The minimum atomic E-state index is -0.427. The highest BCUT2D eigenvalue weighted by atomic mass is 16.2. The number of aromatic nitrogens is 2. The van der Waals surface area contributed by atoms with Gasteiger partial charge in [0, 0.05) is 11.1 Å². The monoisotopic (exact) mass is 313 g/mol. The summed E-state index contributed by atoms with van der Waals surface area (Å²) in [5, 5.41) is 9.56. The molecule has 1 aliphatic rings. The summed E-state index contributed by atoms with van der Waals surface area (Å²) in [4.78, 5) is 32.6. The van der Waals surface area contributed by atoms with Crippen LogP contribution in [0.3, 0.4) is 0 Å². The van der Waals surface area contributed by atoms with E-state index in [1.807, 2.05) is 31.2 Å². The van der Waals surface area contributed by atoms with E-state index in [2.05, 4.69) is 9.97 Å². The molecule has 1 N–H and O–H groups in total. The van der Waals surface area contributed by atoms with Gasteiger partial charge in [-0.3, -0.25) is 9.59 Å². The van der Waals surface area contributed by atoms with Crippen molar-refractivity contribution in [2.24, 2.45) is 0 Å². The highest BCUT2D eigenvalue weighted by molar-refractivity contribution is 6.42. The molecule has 1 heterocycles. The largest absolute Gasteiger partial charge is 0.337 e. The summed E-state index contributed by atoms with van der Waals surface area (Å²) in [6.07, 6.45) is 0. The predicted octanol–water partition coefficient (Wildman–Crippen LogP) is 3.23. The van der Waals surface area contributed by atoms with Crippen molar-refractivity contribution in [2.45, 2.75) is 6.92 Å². The Hall–Kier alpha value is -3.52. The molecular weight excluding hydrogens is 302 g/mol. The van der Waals surface area contributed by atoms with Crippen LogP contribution in [0.5, 0.6) is 0 Å². The number of hydrogen-bond acceptors (Lipinski definition) is 4. The van der Waals surface area contributed by atoms with Crippen LogP contribution in [-0.4, -0.2) is 21.5 Å². The summed E-state index contributed by atoms with van der Waals surface area (Å²) in [5.41, 5.74) is 3.01. The number of fused-ring (bicyclic) bond motifs is 2. The van der Waals surface area contributed by atoms with Gasteiger partial charge in [0.15, 0.2) is 11.6 Å². The minimum Gasteiger partial charge on any atom is -0.337 e. The Morgan fingerprint density at radius 2 is 1.75 bits per heavy atom. The molecular formula is C19H11N3O2. The number of carbonyl (C=O) groups excluding carboxylic acids is 2. The van der Waals surface area contributed by atoms with Crippen LogP contribution in [0.2, 0.25) is 0 Å². The third-order valence-corrected chi connectivity index (χ3v) is 4.11. The van der Waals surface area contributed by atoms with Crippen LogP contribution in [0.1, 0.15) is 32.1 Å². The first kappa shape index (κ1) is 14.1. The Bertz CT molecular complexity index is 1080. The number of nitriles is 1. The molecule has 0 bridgehead atoms. The highest BCUT2D eigenvalue weighted by Crippen LogP contribution is 2.31. The normalized spacial score (nSPS) is 13.2. The molecule has 4 rings (SSSR count). The second-order valence-electron chi connectivity index (χ2n) is 5.67. The third-order valence-electron chi connectivity index (χ3n) is 4.11. The van der Waals surface area contributed by atoms with Crippen molar-refractivity contribution in [2.75, 3.05) is 0 Å². The second-order valence-corrected chi connectivity index (χ2v) is 5.67. The lowest BCUT2D eigenvalue weighted by molar-refractivity contribution is 0.0990. The van der Waals surface area contributed by atoms with Crippen LogP contribution in [0, 0.1) is 18.3 Å². The molecule has 2 aromatic carbocycles. The van der Waals surface area contributed by atoms with E-state index in [0.29, 0.717) is 16.6 Å². The number of allylic oxidation sites excluding steroid dienone is 2. The van der Waals surface area contributed by atoms with Gasteiger partial charge in [0.25, 0.3) is 0 Å². The van der Waals surface area contributed by atoms with E-state index in [1.165, 1.54) is 0 Å². The Labute approximate surface area is 137 Å². The number of aromatic amines is 1. The second kappa shape index (κ2) is 5.00. The van der Waals surface area contributed by atoms with Crippen molar-refractivity contribution in [3.8, 4) is 6.07 Å². The molecule has 0 saturated heterocycles. The quantitative estimate of drug-likeness (QED) is 0.424. The van der Waals surface area contributed by atoms with E-state index in [-0.39, 0.29) is 17.0 Å². The first-order valence-corrected chi connectivity index (χ1v) is 7.39. The topological polar surface area (TPSA) is 86.6 Å². The SMILES string of the molecule is Cc1ccc2nc(C(C#N)=C3C(=O)c4ccccc4C3=O)[nH]c2c1. The van der Waals surface area contributed by atoms with E-state index in [4.69, 9.17) is 0 Å². The molecule has 0 amide bonds. The molecule has 0 radical (unpaired) electrons. The van der Waals surface area contributed by atoms with Crippen LogP contribution in [0.4, 0.5) is 0 Å². The van der Waals surface area contributed by atoms with Crippen molar-refractivity contribution in [3.05, 3.63) is 70.6 Å². The molecule has 0 fully saturated rings. The van der Waals surface area contributed by atoms with Gasteiger partial charge < -0.3 is 4.98 Å². The Kier molecular flexibility index (Phi) is 2.94. The fourth-order valence-electron chi connectivity index (χ4n) is 2.95. The summed E-state index contributed by atoms with van der Waals surface area (Å²) in [7, 11) is 0. The molecule has 3 aromatic rings. The number of H-pyrrole nitrogens is 1. The molecule has 114 valence electrons. The summed E-state index contributed by atoms with van der Waals surface area (Å²) in [6, 6.07) is 14.2. The van der Waals surface area contributed by atoms with Crippen molar-refractivity contribution < 1.29 is 9.59 Å². The molecule has 24 heavy (non-hydrogen) atoms. The molecule has 5 heteroatoms. The Balaban J connectivity index is 1.95. The number of carbonyl (C=O) groups is 2. The summed E-state index contributed by atoms with van der Waals surface area (Å²) in [5.74, 6) is -0.616. The van der Waals surface area contributed by atoms with Crippen molar-refractivity contribution in [1.29, 1.82) is 5.26 Å². The average molecular weight is 313 g/mol. The predicted molar refractivity (Wildman–Crippen MR) is 88.5 cm³/mol. The lowest BCUT2D eigenvalue weighted by Crippen LogP contribution is -2.05. The number of nitrogens with zero attached hydrogens (tertiary/aromatic N) is 2. The zero-order valence-corrected chi connectivity index (χ0v) is 12.8. The maximum absolute atomic E-state index is 12.6. The number of aryl methyl sites for hydroxylation is 1. The lowest BCUT2D eigenvalue weighted by Gasteiger charge is -1.97. The molecule has 0 atom stereocenters. The number of ketones is 2. The summed E-state index contributed by atoms with van der Waals surface area (Å²) >= 11 is 0. The summed E-state index contributed by atoms with van der Waals surface area (Å²) < 4.78 is 0. The molecule has 0 spiro atoms. The lowest BCUT2D eigenvalue weighted by atomic mass is 10.0. The summed E-state index contributed by atoms with van der Waals surface area (Å²) in [6.45, 7) is 1.95. The Morgan fingerprint density at radius 3 is 2.38 bits per heavy atom. The zero-order chi connectivity index (χ0) is 16.8. The van der Waals surface area contributed by atoms with Crippen molar-refractivity contribution >= 4 is 28.2 Å². The number of Topliss-reactive ketones (excluding diaryl/α,β-unsaturated/α-hetero) is 2. The standard InChI is InChI=1S/C19H11N3O2/c1-10-6-7-14-15(8-10)22-19(21-14)13(9-20)16-17(23)11-4-2-3-5-12(11)18(16)24/h2-8H,1H3,(H,21,22). The van der Waals surface area contributed by atoms with E-state index >= 15 is 0 Å². The van der Waals surface area contributed by atoms with Gasteiger partial charge in [0.2, 0.25) is 0 Å². The Morgan fingerprint density at radius 1 is 1.08 bits per heavy atom. The molecule has 0 unspecified atom stereocenters. The smallest absolute Gasteiger partial charge is 0.199 e. The first-order valence-electron chi connectivity index (χ1n) is 7.39. The van der Waals surface area contributed by atoms with Gasteiger partial charge in [-0.15, -0.1) is 0 Å². The van der Waals surface area contributed by atoms with Crippen LogP contribution >= 0.6 is 0 Å². The van der Waals surface area contributed by atoms with Gasteiger partial charge in [-0.2, -0.15) is 5.26 Å². The van der Waals surface area contributed by atoms with E-state index in [0.717, 1.165) is 11.1 Å². The van der Waals surface area contributed by atoms with Gasteiger partial charge in [-0.25, -0.2) is 4.98 Å². The molecule has 0 aliphatic heterocycles. The molecule has 1 aromatic heterocycles. The number of nitrogens with one attached hydrogen (secondary N) is 1. The van der Waals surface area contributed by atoms with Crippen molar-refractivity contribution in [3.63, 3.8) is 0 Å². The highest BCUT2D eigenvalue weighted by Gasteiger charge is 2.36. The maximum atomic E-state index is 12.6. The van der Waals surface area contributed by atoms with Crippen LogP contribution in [-0.2, 0) is 0 Å². The number of hydrogen-bond donors (Lipinski definition) is 1. The van der Waals surface area contributed by atoms with Crippen molar-refractivity contribution in [1.82, 2.24) is 9.97 Å². The fraction of sp³-hybridized carbons (Fsp3) is 0.0526. The molecule has 0 saturated carbocycles. The van der Waals surface area contributed by atoms with Gasteiger partial charge >= 0.3 is 0 Å². The first-order chi connectivity index (χ1) is 11.6. The van der Waals surface area contributed by atoms with Gasteiger partial charge in [0.05, 0.1) is 16.6 Å². The van der Waals surface area contributed by atoms with Gasteiger partial charge in [-0.1, -0.05) is 30.3 Å².